The summed E-state index contributed by atoms with van der Waals surface area (Å²) >= 11 is 0. The smallest absolute Gasteiger partial charge is 0.250 e. The molecule has 1 aliphatic heterocycles. The van der Waals surface area contributed by atoms with Crippen LogP contribution in [0.15, 0.2) is 18.2 Å². The van der Waals surface area contributed by atoms with Crippen molar-refractivity contribution >= 4 is 17.3 Å². The maximum atomic E-state index is 12.3. The van der Waals surface area contributed by atoms with Crippen molar-refractivity contribution in [2.24, 2.45) is 0 Å². The number of amides is 1. The van der Waals surface area contributed by atoms with Gasteiger partial charge in [-0.25, -0.2) is 0 Å². The van der Waals surface area contributed by atoms with Crippen LogP contribution in [0.3, 0.4) is 0 Å². The first kappa shape index (κ1) is 11.4. The number of nitrogens with zero attached hydrogens (tertiary/aromatic N) is 1. The fourth-order valence-electron chi connectivity index (χ4n) is 2.94. The molecule has 1 aromatic carbocycles. The molecular weight excluding hydrogens is 228 g/mol. The Labute approximate surface area is 107 Å². The summed E-state index contributed by atoms with van der Waals surface area (Å²) in [6, 6.07) is 6.20. The lowest BCUT2D eigenvalue weighted by Gasteiger charge is -2.41. The van der Waals surface area contributed by atoms with Crippen LogP contribution in [0.5, 0.6) is 5.75 Å². The summed E-state index contributed by atoms with van der Waals surface area (Å²) in [7, 11) is 1.63. The topological polar surface area (TPSA) is 41.6 Å². The van der Waals surface area contributed by atoms with Gasteiger partial charge in [-0.3, -0.25) is 4.79 Å². The molecule has 1 N–H and O–H groups in total. The average Bonchev–Trinajstić information content (AvgIpc) is 3.11. The molecule has 0 radical (unpaired) electrons. The largest absolute Gasteiger partial charge is 0.494 e. The highest BCUT2D eigenvalue weighted by Crippen LogP contribution is 2.52. The molecule has 0 bridgehead atoms. The van der Waals surface area contributed by atoms with E-state index in [1.165, 1.54) is 0 Å². The number of carbonyl (C=O) groups is 1. The minimum absolute atomic E-state index is 0.105. The maximum absolute atomic E-state index is 12.3. The maximum Gasteiger partial charge on any atom is 0.250 e. The highest BCUT2D eigenvalue weighted by atomic mass is 16.5. The summed E-state index contributed by atoms with van der Waals surface area (Å²) in [6.45, 7) is 4.25. The second-order valence-electron chi connectivity index (χ2n) is 5.30. The first-order chi connectivity index (χ1) is 8.60. The second-order valence-corrected chi connectivity index (χ2v) is 5.30. The Hall–Kier alpha value is -1.71. The average molecular weight is 246 g/mol. The van der Waals surface area contributed by atoms with Crippen molar-refractivity contribution in [3.05, 3.63) is 18.2 Å². The molecule has 1 aliphatic carbocycles. The van der Waals surface area contributed by atoms with Gasteiger partial charge in [-0.15, -0.1) is 0 Å². The van der Waals surface area contributed by atoms with Gasteiger partial charge in [0.15, 0.2) is 0 Å². The number of carbonyl (C=O) groups excluding carboxylic acids is 1. The van der Waals surface area contributed by atoms with Crippen LogP contribution in [0.25, 0.3) is 0 Å². The zero-order valence-corrected chi connectivity index (χ0v) is 11.0. The van der Waals surface area contributed by atoms with E-state index in [2.05, 4.69) is 30.1 Å². The molecule has 0 aromatic heterocycles. The second kappa shape index (κ2) is 3.64. The minimum Gasteiger partial charge on any atom is -0.494 e. The molecule has 96 valence electrons. The van der Waals surface area contributed by atoms with E-state index < -0.39 is 0 Å². The van der Waals surface area contributed by atoms with Crippen LogP contribution in [0.1, 0.15) is 26.7 Å². The fraction of sp³-hybridized carbons (Fsp3) is 0.500. The summed E-state index contributed by atoms with van der Waals surface area (Å²) in [6.07, 6.45) is 1.88. The molecule has 1 amide bonds. The Morgan fingerprint density at radius 3 is 2.67 bits per heavy atom. The zero-order valence-electron chi connectivity index (χ0n) is 11.0. The van der Waals surface area contributed by atoms with Crippen molar-refractivity contribution in [2.75, 3.05) is 17.3 Å². The van der Waals surface area contributed by atoms with Crippen molar-refractivity contribution in [3.8, 4) is 5.75 Å². The molecule has 1 aromatic rings. The van der Waals surface area contributed by atoms with Crippen molar-refractivity contribution < 1.29 is 9.53 Å². The van der Waals surface area contributed by atoms with E-state index in [1.54, 1.807) is 7.11 Å². The molecule has 1 fully saturated rings. The standard InChI is InChI=1S/C14H18N2O2/c1-9(2)16-10-5-4-6-11(18-3)12(10)15-13(17)14(16)7-8-14/h4-6,9H,7-8H2,1-3H3,(H,15,17). The van der Waals surface area contributed by atoms with Gasteiger partial charge in [0, 0.05) is 6.04 Å². The summed E-state index contributed by atoms with van der Waals surface area (Å²) in [4.78, 5) is 14.6. The molecule has 1 spiro atoms. The summed E-state index contributed by atoms with van der Waals surface area (Å²) < 4.78 is 5.34. The van der Waals surface area contributed by atoms with Gasteiger partial charge < -0.3 is 15.0 Å². The van der Waals surface area contributed by atoms with Crippen molar-refractivity contribution in [1.29, 1.82) is 0 Å². The number of rotatable bonds is 2. The molecule has 4 heteroatoms. The molecule has 0 atom stereocenters. The lowest BCUT2D eigenvalue weighted by molar-refractivity contribution is -0.118. The number of methoxy groups -OCH3 is 1. The number of para-hydroxylation sites is 1. The van der Waals surface area contributed by atoms with Gasteiger partial charge >= 0.3 is 0 Å². The SMILES string of the molecule is COc1cccc2c1NC(=O)C1(CC1)N2C(C)C. The molecule has 2 aliphatic rings. The van der Waals surface area contributed by atoms with E-state index in [4.69, 9.17) is 4.74 Å². The fourth-order valence-corrected chi connectivity index (χ4v) is 2.94. The zero-order chi connectivity index (χ0) is 12.9. The number of ether oxygens (including phenoxy) is 1. The Morgan fingerprint density at radius 2 is 2.11 bits per heavy atom. The molecule has 4 nitrogen and oxygen atoms in total. The van der Waals surface area contributed by atoms with E-state index in [0.29, 0.717) is 6.04 Å². The monoisotopic (exact) mass is 246 g/mol. The molecule has 0 unspecified atom stereocenters. The van der Waals surface area contributed by atoms with Crippen LogP contribution in [0.4, 0.5) is 11.4 Å². The van der Waals surface area contributed by atoms with Crippen LogP contribution in [0.2, 0.25) is 0 Å². The van der Waals surface area contributed by atoms with Gasteiger partial charge in [-0.05, 0) is 38.8 Å². The number of nitrogens with one attached hydrogen (secondary N) is 1. The summed E-state index contributed by atoms with van der Waals surface area (Å²) in [5.41, 5.74) is 1.56. The van der Waals surface area contributed by atoms with E-state index in [-0.39, 0.29) is 11.4 Å². The van der Waals surface area contributed by atoms with Crippen molar-refractivity contribution in [3.63, 3.8) is 0 Å². The number of benzene rings is 1. The van der Waals surface area contributed by atoms with Gasteiger partial charge in [0.1, 0.15) is 17.0 Å². The van der Waals surface area contributed by atoms with E-state index in [0.717, 1.165) is 30.0 Å². The van der Waals surface area contributed by atoms with E-state index >= 15 is 0 Å². The highest BCUT2D eigenvalue weighted by molar-refractivity contribution is 6.10. The number of hydrogen-bond acceptors (Lipinski definition) is 3. The van der Waals surface area contributed by atoms with Crippen LogP contribution < -0.4 is 15.0 Å². The minimum atomic E-state index is -0.312. The molecule has 18 heavy (non-hydrogen) atoms. The highest BCUT2D eigenvalue weighted by Gasteiger charge is 2.58. The molecule has 3 rings (SSSR count). The van der Waals surface area contributed by atoms with Gasteiger partial charge in [-0.2, -0.15) is 0 Å². The quantitative estimate of drug-likeness (QED) is 0.871. The van der Waals surface area contributed by atoms with Crippen molar-refractivity contribution in [1.82, 2.24) is 0 Å². The Kier molecular flexibility index (Phi) is 2.30. The number of fused-ring (bicyclic) bond motifs is 1. The van der Waals surface area contributed by atoms with E-state index in [9.17, 15) is 4.79 Å². The normalized spacial score (nSPS) is 19.8. The lowest BCUT2D eigenvalue weighted by atomic mass is 10.0. The van der Waals surface area contributed by atoms with E-state index in [1.807, 2.05) is 12.1 Å². The van der Waals surface area contributed by atoms with Gasteiger partial charge in [0.05, 0.1) is 12.8 Å². The van der Waals surface area contributed by atoms with Gasteiger partial charge in [-0.1, -0.05) is 6.07 Å². The first-order valence-electron chi connectivity index (χ1n) is 6.38. The Bertz CT molecular complexity index is 507. The number of hydrogen-bond donors (Lipinski definition) is 1. The summed E-state index contributed by atoms with van der Waals surface area (Å²) in [5, 5.41) is 3.01. The predicted molar refractivity (Wildman–Crippen MR) is 71.2 cm³/mol. The molecule has 1 heterocycles. The third-order valence-corrected chi connectivity index (χ3v) is 3.85. The Balaban J connectivity index is 2.17. The lowest BCUT2D eigenvalue weighted by Crippen LogP contribution is -2.53. The number of anilines is 2. The molecular formula is C14H18N2O2. The van der Waals surface area contributed by atoms with Crippen LogP contribution in [-0.2, 0) is 4.79 Å². The van der Waals surface area contributed by atoms with Crippen LogP contribution in [-0.4, -0.2) is 24.6 Å². The predicted octanol–water partition coefficient (Wildman–Crippen LogP) is 2.39. The third kappa shape index (κ3) is 1.35. The summed E-state index contributed by atoms with van der Waals surface area (Å²) in [5.74, 6) is 0.829. The Morgan fingerprint density at radius 1 is 1.39 bits per heavy atom. The third-order valence-electron chi connectivity index (χ3n) is 3.85. The van der Waals surface area contributed by atoms with Crippen LogP contribution >= 0.6 is 0 Å². The van der Waals surface area contributed by atoms with Crippen molar-refractivity contribution in [2.45, 2.75) is 38.3 Å². The molecule has 1 saturated carbocycles. The molecule has 0 saturated heterocycles. The van der Waals surface area contributed by atoms with Gasteiger partial charge in [0.25, 0.3) is 0 Å². The van der Waals surface area contributed by atoms with Crippen LogP contribution in [0, 0.1) is 0 Å². The first-order valence-corrected chi connectivity index (χ1v) is 6.38. The van der Waals surface area contributed by atoms with Gasteiger partial charge in [0.2, 0.25) is 5.91 Å².